The standard InChI is InChI=1S/C31H54O4/c1-26(2)22-11-16-30(7)25(28(22,5)14-12-23(26)34-9)21(32)18-20-19(10-15-29(20,30)6)31(8)17-13-24(35-31)27(3,4)33/h19-25,32-33H,10-18H2,1-9H3/t19-,20?,21+,22?,23-,24-,25?,28-,29+,30+,31+/m0/s1. The number of hydrogen-bond donors (Lipinski definition) is 2. The zero-order valence-corrected chi connectivity index (χ0v) is 24.1. The Morgan fingerprint density at radius 1 is 0.829 bits per heavy atom. The molecule has 0 amide bonds. The van der Waals surface area contributed by atoms with Crippen LogP contribution in [0.2, 0.25) is 0 Å². The van der Waals surface area contributed by atoms with Crippen LogP contribution in [0.1, 0.15) is 113 Å². The molecule has 0 aromatic rings. The van der Waals surface area contributed by atoms with Gasteiger partial charge in [0, 0.05) is 7.11 Å². The van der Waals surface area contributed by atoms with Gasteiger partial charge < -0.3 is 19.7 Å². The SMILES string of the molecule is CO[C@H]1CC[C@@]2(C)C(CC[C@]3(C)C2[C@H](O)CC2[C@@H]([C@@]4(C)CC[C@@H](C(C)(C)O)O4)CC[C@]23C)C1(C)C. The number of rotatable bonds is 3. The van der Waals surface area contributed by atoms with Gasteiger partial charge in [-0.05, 0) is 124 Å². The first kappa shape index (κ1) is 26.4. The van der Waals surface area contributed by atoms with Crippen LogP contribution in [0.4, 0.5) is 0 Å². The summed E-state index contributed by atoms with van der Waals surface area (Å²) in [7, 11) is 1.88. The van der Waals surface area contributed by atoms with Gasteiger partial charge in [0.05, 0.1) is 29.5 Å². The monoisotopic (exact) mass is 490 g/mol. The van der Waals surface area contributed by atoms with E-state index in [1.54, 1.807) is 0 Å². The second-order valence-corrected chi connectivity index (χ2v) is 15.7. The smallest absolute Gasteiger partial charge is 0.0865 e. The van der Waals surface area contributed by atoms with Crippen molar-refractivity contribution in [3.05, 3.63) is 0 Å². The molecule has 202 valence electrons. The lowest BCUT2D eigenvalue weighted by molar-refractivity contribution is -0.259. The molecule has 0 bridgehead atoms. The van der Waals surface area contributed by atoms with Crippen molar-refractivity contribution >= 4 is 0 Å². The molecule has 35 heavy (non-hydrogen) atoms. The minimum Gasteiger partial charge on any atom is -0.393 e. The predicted molar refractivity (Wildman–Crippen MR) is 140 cm³/mol. The fourth-order valence-corrected chi connectivity index (χ4v) is 11.6. The van der Waals surface area contributed by atoms with Crippen LogP contribution in [-0.4, -0.2) is 46.8 Å². The topological polar surface area (TPSA) is 58.9 Å². The van der Waals surface area contributed by atoms with E-state index in [1.165, 1.54) is 25.7 Å². The van der Waals surface area contributed by atoms with Gasteiger partial charge in [0.15, 0.2) is 0 Å². The Labute approximate surface area is 214 Å². The Balaban J connectivity index is 1.47. The minimum atomic E-state index is -0.802. The Morgan fingerprint density at radius 2 is 1.49 bits per heavy atom. The highest BCUT2D eigenvalue weighted by Crippen LogP contribution is 2.76. The van der Waals surface area contributed by atoms with Crippen molar-refractivity contribution in [1.29, 1.82) is 0 Å². The van der Waals surface area contributed by atoms with Crippen LogP contribution in [0, 0.1) is 45.3 Å². The molecular weight excluding hydrogens is 436 g/mol. The van der Waals surface area contributed by atoms with Crippen LogP contribution in [0.25, 0.3) is 0 Å². The van der Waals surface area contributed by atoms with Crippen molar-refractivity contribution in [2.24, 2.45) is 45.3 Å². The average Bonchev–Trinajstić information content (AvgIpc) is 3.30. The number of fused-ring (bicyclic) bond motifs is 5. The molecule has 11 atom stereocenters. The quantitative estimate of drug-likeness (QED) is 0.483. The Kier molecular flexibility index (Phi) is 5.99. The molecule has 1 saturated heterocycles. The summed E-state index contributed by atoms with van der Waals surface area (Å²) < 4.78 is 12.7. The van der Waals surface area contributed by atoms with Crippen LogP contribution in [0.5, 0.6) is 0 Å². The molecule has 5 aliphatic rings. The third-order valence-electron chi connectivity index (χ3n) is 13.5. The van der Waals surface area contributed by atoms with Gasteiger partial charge in [-0.25, -0.2) is 0 Å². The van der Waals surface area contributed by atoms with Gasteiger partial charge in [-0.3, -0.25) is 0 Å². The predicted octanol–water partition coefficient (Wildman–Crippen LogP) is 6.37. The highest BCUT2D eigenvalue weighted by atomic mass is 16.5. The van der Waals surface area contributed by atoms with Crippen molar-refractivity contribution in [3.63, 3.8) is 0 Å². The van der Waals surface area contributed by atoms with Crippen molar-refractivity contribution in [2.45, 2.75) is 143 Å². The number of aliphatic hydroxyl groups is 2. The van der Waals surface area contributed by atoms with Gasteiger partial charge in [-0.15, -0.1) is 0 Å². The molecule has 0 spiro atoms. The first-order chi connectivity index (χ1) is 16.0. The normalized spacial score (nSPS) is 55.8. The van der Waals surface area contributed by atoms with E-state index in [2.05, 4.69) is 41.5 Å². The first-order valence-corrected chi connectivity index (χ1v) is 14.7. The lowest BCUT2D eigenvalue weighted by atomic mass is 9.35. The Morgan fingerprint density at radius 3 is 2.09 bits per heavy atom. The maximum atomic E-state index is 12.0. The van der Waals surface area contributed by atoms with E-state index < -0.39 is 5.60 Å². The second-order valence-electron chi connectivity index (χ2n) is 15.7. The van der Waals surface area contributed by atoms with Crippen LogP contribution < -0.4 is 0 Å². The van der Waals surface area contributed by atoms with Crippen molar-refractivity contribution in [2.75, 3.05) is 7.11 Å². The molecular formula is C31H54O4. The van der Waals surface area contributed by atoms with E-state index in [1.807, 2.05) is 21.0 Å². The van der Waals surface area contributed by atoms with E-state index >= 15 is 0 Å². The second kappa shape index (κ2) is 7.93. The lowest BCUT2D eigenvalue weighted by Gasteiger charge is -2.71. The molecule has 5 rings (SSSR count). The molecule has 4 saturated carbocycles. The third kappa shape index (κ3) is 3.44. The summed E-state index contributed by atoms with van der Waals surface area (Å²) in [5.74, 6) is 1.86. The van der Waals surface area contributed by atoms with E-state index in [-0.39, 0.29) is 39.5 Å². The fourth-order valence-electron chi connectivity index (χ4n) is 11.6. The van der Waals surface area contributed by atoms with E-state index in [4.69, 9.17) is 9.47 Å². The highest BCUT2D eigenvalue weighted by Gasteiger charge is 2.72. The molecule has 5 fully saturated rings. The number of aliphatic hydroxyl groups excluding tert-OH is 1. The molecule has 3 unspecified atom stereocenters. The van der Waals surface area contributed by atoms with Gasteiger partial charge in [0.25, 0.3) is 0 Å². The summed E-state index contributed by atoms with van der Waals surface area (Å²) in [6.45, 7) is 18.6. The molecule has 4 nitrogen and oxygen atoms in total. The van der Waals surface area contributed by atoms with Crippen molar-refractivity contribution in [1.82, 2.24) is 0 Å². The molecule has 0 aromatic heterocycles. The zero-order chi connectivity index (χ0) is 25.8. The van der Waals surface area contributed by atoms with E-state index in [0.29, 0.717) is 29.8 Å². The molecule has 0 aromatic carbocycles. The van der Waals surface area contributed by atoms with Gasteiger partial charge in [0.2, 0.25) is 0 Å². The summed E-state index contributed by atoms with van der Waals surface area (Å²) >= 11 is 0. The molecule has 1 heterocycles. The largest absolute Gasteiger partial charge is 0.393 e. The third-order valence-corrected chi connectivity index (χ3v) is 13.5. The first-order valence-electron chi connectivity index (χ1n) is 14.7. The van der Waals surface area contributed by atoms with Gasteiger partial charge in [-0.1, -0.05) is 34.6 Å². The summed E-state index contributed by atoms with van der Waals surface area (Å²) in [6.07, 6.45) is 9.94. The minimum absolute atomic E-state index is 0.0937. The van der Waals surface area contributed by atoms with Gasteiger partial charge in [-0.2, -0.15) is 0 Å². The summed E-state index contributed by atoms with van der Waals surface area (Å²) in [4.78, 5) is 0. The van der Waals surface area contributed by atoms with Crippen LogP contribution >= 0.6 is 0 Å². The molecule has 1 aliphatic heterocycles. The number of methoxy groups -OCH3 is 1. The average molecular weight is 491 g/mol. The Hall–Kier alpha value is -0.160. The van der Waals surface area contributed by atoms with Crippen LogP contribution in [0.3, 0.4) is 0 Å². The zero-order valence-electron chi connectivity index (χ0n) is 24.1. The van der Waals surface area contributed by atoms with Crippen molar-refractivity contribution < 1.29 is 19.7 Å². The van der Waals surface area contributed by atoms with Crippen LogP contribution in [0.15, 0.2) is 0 Å². The Bertz CT molecular complexity index is 832. The molecule has 4 heteroatoms. The maximum absolute atomic E-state index is 12.0. The summed E-state index contributed by atoms with van der Waals surface area (Å²) in [6, 6.07) is 0. The highest BCUT2D eigenvalue weighted by molar-refractivity contribution is 5.20. The molecule has 0 radical (unpaired) electrons. The van der Waals surface area contributed by atoms with Gasteiger partial charge >= 0.3 is 0 Å². The number of hydrogen-bond acceptors (Lipinski definition) is 4. The number of ether oxygens (including phenoxy) is 2. The molecule has 2 N–H and O–H groups in total. The van der Waals surface area contributed by atoms with E-state index in [0.717, 1.165) is 32.1 Å². The summed E-state index contributed by atoms with van der Waals surface area (Å²) in [5.41, 5.74) is -0.362. The van der Waals surface area contributed by atoms with Gasteiger partial charge in [0.1, 0.15) is 0 Å². The van der Waals surface area contributed by atoms with E-state index in [9.17, 15) is 10.2 Å². The maximum Gasteiger partial charge on any atom is 0.0865 e. The van der Waals surface area contributed by atoms with Crippen LogP contribution in [-0.2, 0) is 9.47 Å². The molecule has 4 aliphatic carbocycles. The lowest BCUT2D eigenvalue weighted by Crippen LogP contribution is -2.67. The fraction of sp³-hybridized carbons (Fsp3) is 1.00. The summed E-state index contributed by atoms with van der Waals surface area (Å²) in [5, 5.41) is 22.7. The van der Waals surface area contributed by atoms with Crippen molar-refractivity contribution in [3.8, 4) is 0 Å².